The van der Waals surface area contributed by atoms with Crippen molar-refractivity contribution in [2.24, 2.45) is 0 Å². The second kappa shape index (κ2) is 11.3. The predicted molar refractivity (Wildman–Crippen MR) is 119 cm³/mol. The highest BCUT2D eigenvalue weighted by molar-refractivity contribution is 5.80. The molecule has 2 aromatic carbocycles. The Morgan fingerprint density at radius 1 is 1.00 bits per heavy atom. The summed E-state index contributed by atoms with van der Waals surface area (Å²) >= 11 is 0. The van der Waals surface area contributed by atoms with Gasteiger partial charge in [0.25, 0.3) is 0 Å². The van der Waals surface area contributed by atoms with Crippen LogP contribution >= 0.6 is 0 Å². The molecule has 0 spiro atoms. The molecule has 0 amide bonds. The van der Waals surface area contributed by atoms with Gasteiger partial charge in [-0.3, -0.25) is 0 Å². The summed E-state index contributed by atoms with van der Waals surface area (Å²) in [6.45, 7) is 16.8. The highest BCUT2D eigenvalue weighted by atomic mass is 14.2. The van der Waals surface area contributed by atoms with Crippen molar-refractivity contribution in [3.63, 3.8) is 0 Å². The van der Waals surface area contributed by atoms with E-state index in [9.17, 15) is 0 Å². The highest BCUT2D eigenvalue weighted by Gasteiger charge is 2.11. The zero-order valence-electron chi connectivity index (χ0n) is 17.3. The Bertz CT molecular complexity index is 721. The molecular weight excluding hydrogens is 312 g/mol. The van der Waals surface area contributed by atoms with Crippen molar-refractivity contribution in [3.8, 4) is 0 Å². The fraction of sp³-hybridized carbons (Fsp3) is 0.308. The largest absolute Gasteiger partial charge is 0.0988 e. The number of benzene rings is 2. The Morgan fingerprint density at radius 2 is 1.54 bits per heavy atom. The lowest BCUT2D eigenvalue weighted by atomic mass is 9.88. The standard InChI is InChI=1S/C18H24.C8H10/c1-6-11-16(14(4)7-2)18-13-10-9-12-17(18)15(5)8-3;1-7-3-5-8(2)6-4-7/h6-7,9-13,15H,2,8H2,1,3-5H3;3-6H,1-2H3/b11-6-,16-14+;. The van der Waals surface area contributed by atoms with Gasteiger partial charge in [0.1, 0.15) is 0 Å². The van der Waals surface area contributed by atoms with E-state index in [4.69, 9.17) is 0 Å². The maximum Gasteiger partial charge on any atom is -0.0147 e. The fourth-order valence-corrected chi connectivity index (χ4v) is 2.74. The van der Waals surface area contributed by atoms with Crippen molar-refractivity contribution in [1.82, 2.24) is 0 Å². The van der Waals surface area contributed by atoms with Crippen molar-refractivity contribution in [2.75, 3.05) is 0 Å². The Balaban J connectivity index is 0.000000350. The molecule has 0 heterocycles. The SMILES string of the molecule is C=C/C(C)=C(\C=C/C)c1ccccc1C(C)CC.Cc1ccc(C)cc1. The molecule has 0 N–H and O–H groups in total. The summed E-state index contributed by atoms with van der Waals surface area (Å²) in [4.78, 5) is 0. The van der Waals surface area contributed by atoms with Crippen LogP contribution in [0.4, 0.5) is 0 Å². The summed E-state index contributed by atoms with van der Waals surface area (Å²) in [5.74, 6) is 0.582. The Kier molecular flexibility index (Phi) is 9.44. The van der Waals surface area contributed by atoms with Gasteiger partial charge in [-0.2, -0.15) is 0 Å². The van der Waals surface area contributed by atoms with Gasteiger partial charge in [-0.15, -0.1) is 0 Å². The predicted octanol–water partition coefficient (Wildman–Crippen LogP) is 8.04. The van der Waals surface area contributed by atoms with Crippen LogP contribution in [-0.4, -0.2) is 0 Å². The molecule has 0 saturated heterocycles. The number of hydrogen-bond acceptors (Lipinski definition) is 0. The summed E-state index contributed by atoms with van der Waals surface area (Å²) in [5.41, 5.74) is 7.93. The monoisotopic (exact) mass is 346 g/mol. The molecule has 2 rings (SSSR count). The lowest BCUT2D eigenvalue weighted by molar-refractivity contribution is 0.731. The first-order chi connectivity index (χ1) is 12.4. The zero-order valence-corrected chi connectivity index (χ0v) is 17.3. The zero-order chi connectivity index (χ0) is 19.5. The van der Waals surface area contributed by atoms with Gasteiger partial charge in [-0.05, 0) is 62.3 Å². The normalized spacial score (nSPS) is 12.8. The molecule has 0 aliphatic rings. The molecule has 0 aliphatic heterocycles. The van der Waals surface area contributed by atoms with Crippen LogP contribution in [0.3, 0.4) is 0 Å². The van der Waals surface area contributed by atoms with Crippen LogP contribution in [-0.2, 0) is 0 Å². The molecule has 0 aromatic heterocycles. The second-order valence-electron chi connectivity index (χ2n) is 6.85. The van der Waals surface area contributed by atoms with Crippen molar-refractivity contribution in [3.05, 3.63) is 101 Å². The van der Waals surface area contributed by atoms with Crippen LogP contribution in [0.1, 0.15) is 62.3 Å². The first-order valence-electron chi connectivity index (χ1n) is 9.53. The van der Waals surface area contributed by atoms with Gasteiger partial charge in [0.15, 0.2) is 0 Å². The summed E-state index contributed by atoms with van der Waals surface area (Å²) in [6, 6.07) is 17.2. The first-order valence-corrected chi connectivity index (χ1v) is 9.53. The quantitative estimate of drug-likeness (QED) is 0.480. The third-order valence-corrected chi connectivity index (χ3v) is 4.68. The summed E-state index contributed by atoms with van der Waals surface area (Å²) < 4.78 is 0. The van der Waals surface area contributed by atoms with Gasteiger partial charge in [0, 0.05) is 0 Å². The molecule has 0 fully saturated rings. The Hall–Kier alpha value is -2.34. The van der Waals surface area contributed by atoms with Crippen molar-refractivity contribution < 1.29 is 0 Å². The first kappa shape index (κ1) is 21.7. The van der Waals surface area contributed by atoms with E-state index in [0.29, 0.717) is 5.92 Å². The van der Waals surface area contributed by atoms with Gasteiger partial charge in [0.05, 0.1) is 0 Å². The van der Waals surface area contributed by atoms with E-state index in [1.54, 1.807) is 0 Å². The molecule has 2 aromatic rings. The Labute approximate surface area is 161 Å². The number of allylic oxidation sites excluding steroid dienone is 5. The van der Waals surface area contributed by atoms with E-state index in [-0.39, 0.29) is 0 Å². The fourth-order valence-electron chi connectivity index (χ4n) is 2.74. The molecule has 1 atom stereocenters. The van der Waals surface area contributed by atoms with Crippen LogP contribution in [0.25, 0.3) is 5.57 Å². The van der Waals surface area contributed by atoms with E-state index in [0.717, 1.165) is 6.42 Å². The van der Waals surface area contributed by atoms with Crippen molar-refractivity contribution >= 4 is 5.57 Å². The lowest BCUT2D eigenvalue weighted by Crippen LogP contribution is -1.98. The smallest absolute Gasteiger partial charge is 0.0147 e. The van der Waals surface area contributed by atoms with Crippen LogP contribution in [0.15, 0.2) is 78.9 Å². The van der Waals surface area contributed by atoms with E-state index >= 15 is 0 Å². The lowest BCUT2D eigenvalue weighted by Gasteiger charge is -2.17. The van der Waals surface area contributed by atoms with Gasteiger partial charge in [-0.25, -0.2) is 0 Å². The number of aryl methyl sites for hydroxylation is 2. The van der Waals surface area contributed by atoms with Crippen LogP contribution in [0.2, 0.25) is 0 Å². The maximum atomic E-state index is 3.89. The van der Waals surface area contributed by atoms with Crippen LogP contribution < -0.4 is 0 Å². The minimum absolute atomic E-state index is 0.582. The number of hydrogen-bond donors (Lipinski definition) is 0. The Morgan fingerprint density at radius 3 is 2.00 bits per heavy atom. The second-order valence-corrected chi connectivity index (χ2v) is 6.85. The van der Waals surface area contributed by atoms with Crippen molar-refractivity contribution in [2.45, 2.75) is 53.9 Å². The molecule has 0 radical (unpaired) electrons. The molecule has 0 bridgehead atoms. The summed E-state index contributed by atoms with van der Waals surface area (Å²) in [5, 5.41) is 0. The topological polar surface area (TPSA) is 0 Å². The summed E-state index contributed by atoms with van der Waals surface area (Å²) in [7, 11) is 0. The van der Waals surface area contributed by atoms with Gasteiger partial charge < -0.3 is 0 Å². The molecule has 1 unspecified atom stereocenters. The highest BCUT2D eigenvalue weighted by Crippen LogP contribution is 2.30. The van der Waals surface area contributed by atoms with Crippen LogP contribution in [0.5, 0.6) is 0 Å². The van der Waals surface area contributed by atoms with Crippen LogP contribution in [0, 0.1) is 13.8 Å². The third-order valence-electron chi connectivity index (χ3n) is 4.68. The van der Waals surface area contributed by atoms with Gasteiger partial charge in [-0.1, -0.05) is 98.3 Å². The van der Waals surface area contributed by atoms with Gasteiger partial charge >= 0.3 is 0 Å². The maximum absolute atomic E-state index is 3.89. The minimum Gasteiger partial charge on any atom is -0.0988 e. The molecule has 138 valence electrons. The average molecular weight is 347 g/mol. The average Bonchev–Trinajstić information content (AvgIpc) is 2.67. The van der Waals surface area contributed by atoms with E-state index in [2.05, 4.69) is 109 Å². The third kappa shape index (κ3) is 6.52. The van der Waals surface area contributed by atoms with Gasteiger partial charge in [0.2, 0.25) is 0 Å². The van der Waals surface area contributed by atoms with Crippen molar-refractivity contribution in [1.29, 1.82) is 0 Å². The van der Waals surface area contributed by atoms with E-state index in [1.165, 1.54) is 33.4 Å². The molecule has 0 aliphatic carbocycles. The molecule has 0 nitrogen and oxygen atoms in total. The molecule has 0 saturated carbocycles. The molecule has 26 heavy (non-hydrogen) atoms. The van der Waals surface area contributed by atoms with E-state index < -0.39 is 0 Å². The molecule has 0 heteroatoms. The summed E-state index contributed by atoms with van der Waals surface area (Å²) in [6.07, 6.45) is 7.37. The van der Waals surface area contributed by atoms with E-state index in [1.807, 2.05) is 6.08 Å². The minimum atomic E-state index is 0.582. The molecular formula is C26H34. The number of rotatable bonds is 5.